The monoisotopic (exact) mass is 508 g/mol. The van der Waals surface area contributed by atoms with Crippen molar-refractivity contribution in [2.75, 3.05) is 41.6 Å². The van der Waals surface area contributed by atoms with Crippen LogP contribution < -0.4 is 9.47 Å². The first kappa shape index (κ1) is 28.1. The lowest BCUT2D eigenvalue weighted by Gasteiger charge is -2.56. The van der Waals surface area contributed by atoms with Gasteiger partial charge < -0.3 is 27.9 Å². The SMILES string of the molecule is CCCCC1(O)CN2C(c3cc(OC)c(OC)cc3C[C@H]2C(C)(C)C)C(CO[Si](OC)OC)C1=O. The van der Waals surface area contributed by atoms with Crippen molar-refractivity contribution in [3.8, 4) is 11.5 Å². The number of hydrogen-bond acceptors (Lipinski definition) is 8. The van der Waals surface area contributed by atoms with Crippen LogP contribution in [0.25, 0.3) is 0 Å². The van der Waals surface area contributed by atoms with E-state index in [2.05, 4.69) is 32.6 Å². The third-order valence-electron chi connectivity index (χ3n) is 7.41. The zero-order valence-electron chi connectivity index (χ0n) is 22.5. The summed E-state index contributed by atoms with van der Waals surface area (Å²) in [6, 6.07) is 3.86. The van der Waals surface area contributed by atoms with E-state index in [9.17, 15) is 9.90 Å². The van der Waals surface area contributed by atoms with Crippen molar-refractivity contribution in [3.63, 3.8) is 0 Å². The van der Waals surface area contributed by atoms with E-state index >= 15 is 0 Å². The molecule has 197 valence electrons. The Labute approximate surface area is 211 Å². The molecule has 0 spiro atoms. The Kier molecular flexibility index (Phi) is 9.04. The number of unbranched alkanes of at least 4 members (excludes halogenated alkanes) is 1. The van der Waals surface area contributed by atoms with Crippen LogP contribution in [-0.4, -0.2) is 78.6 Å². The highest BCUT2D eigenvalue weighted by molar-refractivity contribution is 6.36. The van der Waals surface area contributed by atoms with Crippen LogP contribution in [0.4, 0.5) is 0 Å². The van der Waals surface area contributed by atoms with E-state index in [1.54, 1.807) is 14.2 Å². The van der Waals surface area contributed by atoms with Gasteiger partial charge >= 0.3 is 9.53 Å². The fourth-order valence-corrected chi connectivity index (χ4v) is 6.33. The van der Waals surface area contributed by atoms with E-state index in [0.717, 1.165) is 30.4 Å². The molecular formula is C26H42NO7Si. The number of Topliss-reactive ketones (excluding diaryl/α,β-unsaturated/α-hetero) is 1. The molecule has 1 fully saturated rings. The Balaban J connectivity index is 2.16. The van der Waals surface area contributed by atoms with Crippen molar-refractivity contribution >= 4 is 15.3 Å². The minimum absolute atomic E-state index is 0.0887. The molecule has 0 aliphatic carbocycles. The summed E-state index contributed by atoms with van der Waals surface area (Å²) in [5.74, 6) is 0.540. The highest BCUT2D eigenvalue weighted by Crippen LogP contribution is 2.50. The number of rotatable bonds is 10. The van der Waals surface area contributed by atoms with Crippen LogP contribution in [0.2, 0.25) is 0 Å². The van der Waals surface area contributed by atoms with E-state index in [4.69, 9.17) is 22.8 Å². The van der Waals surface area contributed by atoms with Gasteiger partial charge in [0, 0.05) is 32.8 Å². The lowest BCUT2D eigenvalue weighted by Crippen LogP contribution is -2.66. The third-order valence-corrected chi connectivity index (χ3v) is 8.48. The molecule has 0 saturated carbocycles. The average Bonchev–Trinajstić information content (AvgIpc) is 2.83. The molecule has 9 heteroatoms. The molecule has 0 bridgehead atoms. The summed E-state index contributed by atoms with van der Waals surface area (Å²) in [6.07, 6.45) is 2.90. The number of piperidine rings is 1. The largest absolute Gasteiger partial charge is 0.577 e. The van der Waals surface area contributed by atoms with E-state index in [0.29, 0.717) is 24.5 Å². The fourth-order valence-electron chi connectivity index (χ4n) is 5.61. The summed E-state index contributed by atoms with van der Waals surface area (Å²) in [5, 5.41) is 11.7. The molecule has 3 rings (SSSR count). The molecule has 1 saturated heterocycles. The topological polar surface area (TPSA) is 86.7 Å². The molecule has 1 N–H and O–H groups in total. The minimum atomic E-state index is -1.97. The summed E-state index contributed by atoms with van der Waals surface area (Å²) < 4.78 is 27.8. The summed E-state index contributed by atoms with van der Waals surface area (Å²) in [7, 11) is 4.34. The van der Waals surface area contributed by atoms with Gasteiger partial charge in [0.2, 0.25) is 0 Å². The van der Waals surface area contributed by atoms with Crippen molar-refractivity contribution < 1.29 is 32.7 Å². The van der Waals surface area contributed by atoms with Gasteiger partial charge in [0.25, 0.3) is 0 Å². The van der Waals surface area contributed by atoms with Gasteiger partial charge in [-0.2, -0.15) is 0 Å². The van der Waals surface area contributed by atoms with Crippen molar-refractivity contribution in [2.24, 2.45) is 11.3 Å². The Morgan fingerprint density at radius 1 is 1.11 bits per heavy atom. The van der Waals surface area contributed by atoms with Crippen molar-refractivity contribution in [1.29, 1.82) is 0 Å². The van der Waals surface area contributed by atoms with Gasteiger partial charge in [-0.15, -0.1) is 0 Å². The van der Waals surface area contributed by atoms with Gasteiger partial charge in [-0.1, -0.05) is 40.5 Å². The van der Waals surface area contributed by atoms with Crippen LogP contribution in [-0.2, 0) is 24.5 Å². The number of carbonyl (C=O) groups is 1. The molecule has 4 atom stereocenters. The zero-order valence-corrected chi connectivity index (χ0v) is 23.5. The van der Waals surface area contributed by atoms with E-state index in [1.807, 2.05) is 12.1 Å². The van der Waals surface area contributed by atoms with Gasteiger partial charge in [0.15, 0.2) is 17.3 Å². The molecule has 0 amide bonds. The molecule has 2 aliphatic rings. The molecule has 2 aliphatic heterocycles. The van der Waals surface area contributed by atoms with E-state index in [-0.39, 0.29) is 29.9 Å². The number of carbonyl (C=O) groups excluding carboxylic acids is 1. The van der Waals surface area contributed by atoms with Gasteiger partial charge in [-0.3, -0.25) is 9.69 Å². The number of ether oxygens (including phenoxy) is 2. The highest BCUT2D eigenvalue weighted by atomic mass is 28.3. The van der Waals surface area contributed by atoms with E-state index < -0.39 is 21.0 Å². The maximum atomic E-state index is 14.0. The second-order valence-corrected chi connectivity index (χ2v) is 12.3. The zero-order chi connectivity index (χ0) is 26.0. The van der Waals surface area contributed by atoms with Crippen LogP contribution in [0.1, 0.15) is 64.1 Å². The highest BCUT2D eigenvalue weighted by Gasteiger charge is 2.56. The van der Waals surface area contributed by atoms with Crippen molar-refractivity contribution in [1.82, 2.24) is 4.90 Å². The molecule has 1 aromatic carbocycles. The molecule has 8 nitrogen and oxygen atoms in total. The van der Waals surface area contributed by atoms with Crippen molar-refractivity contribution in [2.45, 2.75) is 71.1 Å². The first-order valence-corrected chi connectivity index (χ1v) is 13.6. The predicted molar refractivity (Wildman–Crippen MR) is 135 cm³/mol. The van der Waals surface area contributed by atoms with Gasteiger partial charge in [0.05, 0.1) is 26.7 Å². The second kappa shape index (κ2) is 11.3. The van der Waals surface area contributed by atoms with Gasteiger partial charge in [-0.05, 0) is 41.5 Å². The van der Waals surface area contributed by atoms with Crippen molar-refractivity contribution in [3.05, 3.63) is 23.3 Å². The Hall–Kier alpha value is -1.49. The fraction of sp³-hybridized carbons (Fsp3) is 0.731. The second-order valence-electron chi connectivity index (χ2n) is 10.7. The van der Waals surface area contributed by atoms with Gasteiger partial charge in [-0.25, -0.2) is 0 Å². The molecule has 35 heavy (non-hydrogen) atoms. The minimum Gasteiger partial charge on any atom is -0.493 e. The first-order valence-electron chi connectivity index (χ1n) is 12.4. The third kappa shape index (κ3) is 5.60. The molecule has 0 aromatic heterocycles. The first-order chi connectivity index (χ1) is 16.5. The number of aliphatic hydroxyl groups is 1. The number of fused-ring (bicyclic) bond motifs is 3. The molecule has 1 aromatic rings. The molecule has 3 unspecified atom stereocenters. The summed E-state index contributed by atoms with van der Waals surface area (Å²) in [5.41, 5.74) is 0.635. The van der Waals surface area contributed by atoms with Crippen LogP contribution >= 0.6 is 0 Å². The maximum Gasteiger partial charge on any atom is 0.577 e. The number of benzene rings is 1. The van der Waals surface area contributed by atoms with Crippen LogP contribution in [0.5, 0.6) is 11.5 Å². The van der Waals surface area contributed by atoms with Crippen LogP contribution in [0.3, 0.4) is 0 Å². The molecular weight excluding hydrogens is 466 g/mol. The summed E-state index contributed by atoms with van der Waals surface area (Å²) >= 11 is 0. The average molecular weight is 509 g/mol. The number of hydrogen-bond donors (Lipinski definition) is 1. The Bertz CT molecular complexity index is 885. The Morgan fingerprint density at radius 2 is 1.74 bits per heavy atom. The smallest absolute Gasteiger partial charge is 0.493 e. The predicted octanol–water partition coefficient (Wildman–Crippen LogP) is 3.43. The summed E-state index contributed by atoms with van der Waals surface area (Å²) in [4.78, 5) is 16.3. The van der Waals surface area contributed by atoms with E-state index in [1.165, 1.54) is 14.2 Å². The normalized spacial score (nSPS) is 27.0. The van der Waals surface area contributed by atoms with Crippen LogP contribution in [0.15, 0.2) is 12.1 Å². The molecule has 2 heterocycles. The number of methoxy groups -OCH3 is 2. The number of ketones is 1. The standard InChI is InChI=1S/C26H42NO7Si/c1-9-10-11-26(29)16-27-22(25(2,3)4)13-17-12-20(30-5)21(31-6)14-18(17)23(27)19(24(26)28)15-34-35(32-7)33-8/h12,14,19,22-23,29H,9-11,13,15-16H2,1-8H3/t19?,22-,23?,26?/m0/s1. The van der Waals surface area contributed by atoms with Gasteiger partial charge in [0.1, 0.15) is 5.60 Å². The maximum absolute atomic E-state index is 14.0. The van der Waals surface area contributed by atoms with Crippen LogP contribution in [0, 0.1) is 11.3 Å². The molecule has 1 radical (unpaired) electrons. The lowest BCUT2D eigenvalue weighted by atomic mass is 9.67. The number of nitrogens with zero attached hydrogens (tertiary/aromatic N) is 1. The quantitative estimate of drug-likeness (QED) is 0.481. The summed E-state index contributed by atoms with van der Waals surface area (Å²) in [6.45, 7) is 9.12. The lowest BCUT2D eigenvalue weighted by molar-refractivity contribution is -0.167. The Morgan fingerprint density at radius 3 is 2.29 bits per heavy atom.